The zero-order chi connectivity index (χ0) is 20.3. The number of hydrogen-bond acceptors (Lipinski definition) is 4. The van der Waals surface area contributed by atoms with Crippen molar-refractivity contribution in [3.63, 3.8) is 0 Å². The lowest BCUT2D eigenvalue weighted by Crippen LogP contribution is -2.46. The lowest BCUT2D eigenvalue weighted by molar-refractivity contribution is -0.139. The molecule has 7 heteroatoms. The molecule has 2 unspecified atom stereocenters. The molecule has 1 aromatic carbocycles. The summed E-state index contributed by atoms with van der Waals surface area (Å²) < 4.78 is 0.896. The first-order valence-corrected chi connectivity index (χ1v) is 10.5. The zero-order valence-electron chi connectivity index (χ0n) is 16.2. The summed E-state index contributed by atoms with van der Waals surface area (Å²) in [6.07, 6.45) is 2.34. The fourth-order valence-corrected chi connectivity index (χ4v) is 4.70. The monoisotopic (exact) mass is 402 g/mol. The van der Waals surface area contributed by atoms with Crippen LogP contribution in [0.1, 0.15) is 48.3 Å². The van der Waals surface area contributed by atoms with E-state index in [1.807, 2.05) is 38.1 Å². The number of fused-ring (bicyclic) bond motifs is 1. The van der Waals surface area contributed by atoms with Crippen molar-refractivity contribution in [2.75, 3.05) is 13.1 Å². The number of rotatable bonds is 6. The Morgan fingerprint density at radius 3 is 2.79 bits per heavy atom. The highest BCUT2D eigenvalue weighted by Gasteiger charge is 2.30. The maximum absolute atomic E-state index is 12.7. The van der Waals surface area contributed by atoms with Gasteiger partial charge >= 0.3 is 5.97 Å². The van der Waals surface area contributed by atoms with Crippen LogP contribution in [0.2, 0.25) is 0 Å². The lowest BCUT2D eigenvalue weighted by Gasteiger charge is -2.33. The summed E-state index contributed by atoms with van der Waals surface area (Å²) in [5.74, 6) is -1.27. The van der Waals surface area contributed by atoms with Crippen LogP contribution in [-0.2, 0) is 16.1 Å². The van der Waals surface area contributed by atoms with Crippen LogP contribution < -0.4 is 5.32 Å². The van der Waals surface area contributed by atoms with E-state index in [9.17, 15) is 19.5 Å². The number of carboxylic acids is 1. The van der Waals surface area contributed by atoms with E-state index >= 15 is 0 Å². The summed E-state index contributed by atoms with van der Waals surface area (Å²) in [5.41, 5.74) is 0.643. The second-order valence-electron chi connectivity index (χ2n) is 7.36. The summed E-state index contributed by atoms with van der Waals surface area (Å²) in [6, 6.07) is 7.51. The lowest BCUT2D eigenvalue weighted by atomic mass is 9.95. The van der Waals surface area contributed by atoms with Crippen LogP contribution in [0.25, 0.3) is 10.1 Å². The highest BCUT2D eigenvalue weighted by atomic mass is 32.1. The van der Waals surface area contributed by atoms with Gasteiger partial charge in [-0.1, -0.05) is 32.0 Å². The average Bonchev–Trinajstić information content (AvgIpc) is 3.10. The molecule has 2 N–H and O–H groups in total. The van der Waals surface area contributed by atoms with Gasteiger partial charge in [0.2, 0.25) is 11.8 Å². The number of nitrogens with one attached hydrogen (secondary N) is 1. The van der Waals surface area contributed by atoms with Gasteiger partial charge in [-0.05, 0) is 30.7 Å². The first kappa shape index (κ1) is 20.3. The molecule has 6 nitrogen and oxygen atoms in total. The molecule has 150 valence electrons. The Balaban J connectivity index is 1.69. The number of amides is 2. The number of nitrogens with zero attached hydrogens (tertiary/aromatic N) is 1. The van der Waals surface area contributed by atoms with Gasteiger partial charge in [0.05, 0.1) is 5.92 Å². The molecule has 1 aromatic heterocycles. The number of benzene rings is 1. The van der Waals surface area contributed by atoms with E-state index in [-0.39, 0.29) is 35.1 Å². The molecule has 1 aliphatic rings. The molecule has 2 aromatic rings. The number of carbonyl (C=O) groups is 3. The van der Waals surface area contributed by atoms with Crippen molar-refractivity contribution >= 4 is 39.2 Å². The van der Waals surface area contributed by atoms with Gasteiger partial charge in [-0.3, -0.25) is 9.59 Å². The third-order valence-corrected chi connectivity index (χ3v) is 6.67. The van der Waals surface area contributed by atoms with Gasteiger partial charge < -0.3 is 15.3 Å². The van der Waals surface area contributed by atoms with Crippen LogP contribution in [0.15, 0.2) is 24.3 Å². The molecule has 2 heterocycles. The highest BCUT2D eigenvalue weighted by molar-refractivity contribution is 7.21. The first-order chi connectivity index (χ1) is 13.4. The Morgan fingerprint density at radius 2 is 2.07 bits per heavy atom. The molecule has 2 amide bonds. The smallest absolute Gasteiger partial charge is 0.346 e. The second-order valence-corrected chi connectivity index (χ2v) is 8.41. The summed E-state index contributed by atoms with van der Waals surface area (Å²) in [6.45, 7) is 5.22. The van der Waals surface area contributed by atoms with Gasteiger partial charge in [-0.15, -0.1) is 11.3 Å². The summed E-state index contributed by atoms with van der Waals surface area (Å²) >= 11 is 1.23. The van der Waals surface area contributed by atoms with Crippen LogP contribution in [0, 0.1) is 11.8 Å². The second kappa shape index (κ2) is 8.73. The van der Waals surface area contributed by atoms with E-state index in [0.717, 1.165) is 29.3 Å². The summed E-state index contributed by atoms with van der Waals surface area (Å²) in [7, 11) is 0. The highest BCUT2D eigenvalue weighted by Crippen LogP contribution is 2.31. The van der Waals surface area contributed by atoms with Gasteiger partial charge in [-0.25, -0.2) is 4.79 Å². The van der Waals surface area contributed by atoms with Crippen molar-refractivity contribution in [3.8, 4) is 0 Å². The van der Waals surface area contributed by atoms with Crippen LogP contribution >= 0.6 is 11.3 Å². The van der Waals surface area contributed by atoms with Crippen LogP contribution in [0.4, 0.5) is 0 Å². The van der Waals surface area contributed by atoms with Gasteiger partial charge in [-0.2, -0.15) is 0 Å². The van der Waals surface area contributed by atoms with Crippen molar-refractivity contribution in [2.24, 2.45) is 11.8 Å². The molecule has 28 heavy (non-hydrogen) atoms. The van der Waals surface area contributed by atoms with E-state index in [2.05, 4.69) is 5.32 Å². The molecule has 1 aliphatic heterocycles. The summed E-state index contributed by atoms with van der Waals surface area (Å²) in [4.78, 5) is 38.8. The third kappa shape index (κ3) is 4.19. The fourth-order valence-electron chi connectivity index (χ4n) is 3.64. The number of likely N-dealkylation sites (tertiary alicyclic amines) is 1. The molecule has 3 rings (SSSR count). The molecule has 1 saturated heterocycles. The van der Waals surface area contributed by atoms with E-state index < -0.39 is 5.97 Å². The predicted octanol–water partition coefficient (Wildman–Crippen LogP) is 3.50. The van der Waals surface area contributed by atoms with Crippen molar-refractivity contribution < 1.29 is 19.5 Å². The number of piperidine rings is 1. The van der Waals surface area contributed by atoms with Gasteiger partial charge in [0.1, 0.15) is 4.88 Å². The van der Waals surface area contributed by atoms with E-state index in [0.29, 0.717) is 18.7 Å². The van der Waals surface area contributed by atoms with Crippen molar-refractivity contribution in [1.29, 1.82) is 0 Å². The molecule has 0 spiro atoms. The standard InChI is InChI=1S/C21H26N2O4S/c1-3-13(2)20(25)23-10-6-7-14(12-23)19(24)22-11-16-15-8-4-5-9-17(15)28-18(16)21(26)27/h4-5,8-9,13-14H,3,6-7,10-12H2,1-2H3,(H,22,24)(H,26,27). The Morgan fingerprint density at radius 1 is 1.32 bits per heavy atom. The first-order valence-electron chi connectivity index (χ1n) is 9.72. The average molecular weight is 403 g/mol. The third-order valence-electron chi connectivity index (χ3n) is 5.47. The largest absolute Gasteiger partial charge is 0.477 e. The molecule has 0 bridgehead atoms. The van der Waals surface area contributed by atoms with Crippen molar-refractivity contribution in [1.82, 2.24) is 10.2 Å². The van der Waals surface area contributed by atoms with Crippen molar-refractivity contribution in [3.05, 3.63) is 34.7 Å². The molecular formula is C21H26N2O4S. The number of carbonyl (C=O) groups excluding carboxylic acids is 2. The SMILES string of the molecule is CCC(C)C(=O)N1CCCC(C(=O)NCc2c(C(=O)O)sc3ccccc23)C1. The summed E-state index contributed by atoms with van der Waals surface area (Å²) in [5, 5.41) is 13.3. The number of hydrogen-bond donors (Lipinski definition) is 2. The maximum Gasteiger partial charge on any atom is 0.346 e. The Bertz CT molecular complexity index is 892. The zero-order valence-corrected chi connectivity index (χ0v) is 17.1. The maximum atomic E-state index is 12.7. The minimum absolute atomic E-state index is 0.0305. The number of aromatic carboxylic acids is 1. The van der Waals surface area contributed by atoms with Crippen LogP contribution in [0.5, 0.6) is 0 Å². The van der Waals surface area contributed by atoms with E-state index in [1.165, 1.54) is 11.3 Å². The fraction of sp³-hybridized carbons (Fsp3) is 0.476. The van der Waals surface area contributed by atoms with E-state index in [1.54, 1.807) is 4.90 Å². The Hall–Kier alpha value is -2.41. The Kier molecular flexibility index (Phi) is 6.34. The van der Waals surface area contributed by atoms with Crippen LogP contribution in [-0.4, -0.2) is 40.9 Å². The molecular weight excluding hydrogens is 376 g/mol. The molecule has 1 fully saturated rings. The van der Waals surface area contributed by atoms with Crippen LogP contribution in [0.3, 0.4) is 0 Å². The quantitative estimate of drug-likeness (QED) is 0.774. The molecule has 0 saturated carbocycles. The number of carboxylic acid groups (broad SMARTS) is 1. The number of thiophene rings is 1. The van der Waals surface area contributed by atoms with E-state index in [4.69, 9.17) is 0 Å². The van der Waals surface area contributed by atoms with Gasteiger partial charge in [0, 0.05) is 35.8 Å². The van der Waals surface area contributed by atoms with Gasteiger partial charge in [0.25, 0.3) is 0 Å². The normalized spacial score (nSPS) is 18.1. The topological polar surface area (TPSA) is 86.7 Å². The van der Waals surface area contributed by atoms with Gasteiger partial charge in [0.15, 0.2) is 0 Å². The minimum Gasteiger partial charge on any atom is -0.477 e. The molecule has 0 radical (unpaired) electrons. The molecule has 0 aliphatic carbocycles. The molecule has 2 atom stereocenters. The minimum atomic E-state index is -0.978. The Labute approximate surface area is 168 Å². The van der Waals surface area contributed by atoms with Crippen molar-refractivity contribution in [2.45, 2.75) is 39.7 Å². The predicted molar refractivity (Wildman–Crippen MR) is 109 cm³/mol.